The Hall–Kier alpha value is 0.170. The van der Waals surface area contributed by atoms with Gasteiger partial charge in [-0.05, 0) is 6.92 Å². The Balaban J connectivity index is -0.000000405. The Morgan fingerprint density at radius 1 is 1.73 bits per heavy atom. The summed E-state index contributed by atoms with van der Waals surface area (Å²) in [6, 6.07) is 0. The SMILES string of the molecule is C=CCOC(=O)COCC.[H-].[Na+]. The van der Waals surface area contributed by atoms with Crippen LogP contribution < -0.4 is 29.6 Å². The maximum atomic E-state index is 10.6. The van der Waals surface area contributed by atoms with E-state index in [9.17, 15) is 4.79 Å². The number of hydrogen-bond acceptors (Lipinski definition) is 3. The van der Waals surface area contributed by atoms with Gasteiger partial charge < -0.3 is 10.9 Å². The van der Waals surface area contributed by atoms with E-state index in [1.807, 2.05) is 6.92 Å². The van der Waals surface area contributed by atoms with Gasteiger partial charge in [0.1, 0.15) is 13.2 Å². The van der Waals surface area contributed by atoms with E-state index < -0.39 is 0 Å². The van der Waals surface area contributed by atoms with Gasteiger partial charge in [-0.25, -0.2) is 4.79 Å². The largest absolute Gasteiger partial charge is 1.00 e. The smallest absolute Gasteiger partial charge is 1.00 e. The van der Waals surface area contributed by atoms with Gasteiger partial charge in [0.25, 0.3) is 0 Å². The quantitative estimate of drug-likeness (QED) is 0.267. The molecule has 0 aromatic rings. The van der Waals surface area contributed by atoms with Gasteiger partial charge in [0.15, 0.2) is 0 Å². The molecule has 0 N–H and O–H groups in total. The maximum absolute atomic E-state index is 10.6. The third-order valence-corrected chi connectivity index (χ3v) is 0.786. The van der Waals surface area contributed by atoms with Crippen LogP contribution in [0.5, 0.6) is 0 Å². The summed E-state index contributed by atoms with van der Waals surface area (Å²) < 4.78 is 9.39. The molecular weight excluding hydrogens is 155 g/mol. The van der Waals surface area contributed by atoms with Crippen molar-refractivity contribution in [2.75, 3.05) is 19.8 Å². The number of carbonyl (C=O) groups is 1. The molecule has 0 aromatic heterocycles. The van der Waals surface area contributed by atoms with Gasteiger partial charge in [-0.3, -0.25) is 0 Å². The monoisotopic (exact) mass is 168 g/mol. The zero-order valence-electron chi connectivity index (χ0n) is 8.13. The molecule has 0 aliphatic rings. The fourth-order valence-electron chi connectivity index (χ4n) is 0.379. The van der Waals surface area contributed by atoms with Crippen molar-refractivity contribution < 1.29 is 45.3 Å². The summed E-state index contributed by atoms with van der Waals surface area (Å²) >= 11 is 0. The first-order chi connectivity index (χ1) is 4.81. The van der Waals surface area contributed by atoms with Crippen LogP contribution in [0.15, 0.2) is 12.7 Å². The number of carbonyl (C=O) groups excluding carboxylic acids is 1. The van der Waals surface area contributed by atoms with Crippen LogP contribution >= 0.6 is 0 Å². The predicted molar refractivity (Wildman–Crippen MR) is 38.8 cm³/mol. The summed E-state index contributed by atoms with van der Waals surface area (Å²) in [5.74, 6) is -0.346. The normalized spacial score (nSPS) is 8.09. The van der Waals surface area contributed by atoms with Crippen molar-refractivity contribution >= 4 is 5.97 Å². The first kappa shape index (κ1) is 13.7. The molecule has 0 unspecified atom stereocenters. The van der Waals surface area contributed by atoms with Crippen molar-refractivity contribution in [3.63, 3.8) is 0 Å². The van der Waals surface area contributed by atoms with Crippen LogP contribution in [0, 0.1) is 0 Å². The second kappa shape index (κ2) is 10.2. The molecule has 0 heterocycles. The molecule has 0 amide bonds. The van der Waals surface area contributed by atoms with Gasteiger partial charge in [-0.15, -0.1) is 0 Å². The van der Waals surface area contributed by atoms with E-state index in [1.54, 1.807) is 0 Å². The van der Waals surface area contributed by atoms with Crippen molar-refractivity contribution in [1.82, 2.24) is 0 Å². The molecular formula is C7H13NaO3. The number of rotatable bonds is 5. The van der Waals surface area contributed by atoms with Crippen LogP contribution in [0.25, 0.3) is 0 Å². The molecule has 0 saturated heterocycles. The van der Waals surface area contributed by atoms with Crippen molar-refractivity contribution in [2.45, 2.75) is 6.92 Å². The van der Waals surface area contributed by atoms with E-state index in [2.05, 4.69) is 11.3 Å². The van der Waals surface area contributed by atoms with Crippen molar-refractivity contribution in [3.8, 4) is 0 Å². The molecule has 0 fully saturated rings. The molecule has 0 aliphatic carbocycles. The second-order valence-corrected chi connectivity index (χ2v) is 1.61. The molecule has 0 aromatic carbocycles. The minimum Gasteiger partial charge on any atom is -1.00 e. The van der Waals surface area contributed by atoms with E-state index in [4.69, 9.17) is 4.74 Å². The van der Waals surface area contributed by atoms with E-state index in [0.29, 0.717) is 6.61 Å². The Labute approximate surface area is 90.5 Å². The van der Waals surface area contributed by atoms with Gasteiger partial charge >= 0.3 is 35.5 Å². The molecule has 0 aliphatic heterocycles. The van der Waals surface area contributed by atoms with Crippen molar-refractivity contribution in [3.05, 3.63) is 12.7 Å². The topological polar surface area (TPSA) is 35.5 Å². The van der Waals surface area contributed by atoms with E-state index in [0.717, 1.165) is 0 Å². The Morgan fingerprint density at radius 3 is 2.82 bits per heavy atom. The second-order valence-electron chi connectivity index (χ2n) is 1.61. The van der Waals surface area contributed by atoms with Crippen molar-refractivity contribution in [1.29, 1.82) is 0 Å². The predicted octanol–water partition coefficient (Wildman–Crippen LogP) is -2.13. The zero-order chi connectivity index (χ0) is 7.82. The van der Waals surface area contributed by atoms with Crippen LogP contribution in [0.1, 0.15) is 8.35 Å². The number of hydrogen-bond donors (Lipinski definition) is 0. The van der Waals surface area contributed by atoms with Crippen molar-refractivity contribution in [2.24, 2.45) is 0 Å². The fourth-order valence-corrected chi connectivity index (χ4v) is 0.379. The Morgan fingerprint density at radius 2 is 2.36 bits per heavy atom. The summed E-state index contributed by atoms with van der Waals surface area (Å²) in [6.07, 6.45) is 1.52. The Bertz CT molecular complexity index is 119. The summed E-state index contributed by atoms with van der Waals surface area (Å²) in [5.41, 5.74) is 0. The van der Waals surface area contributed by atoms with E-state index in [-0.39, 0.29) is 50.2 Å². The average molecular weight is 168 g/mol. The molecule has 0 bridgehead atoms. The summed E-state index contributed by atoms with van der Waals surface area (Å²) in [6.45, 7) is 6.03. The van der Waals surface area contributed by atoms with Crippen LogP contribution in [0.3, 0.4) is 0 Å². The van der Waals surface area contributed by atoms with Crippen LogP contribution in [0.2, 0.25) is 0 Å². The van der Waals surface area contributed by atoms with Crippen LogP contribution in [0.4, 0.5) is 0 Å². The van der Waals surface area contributed by atoms with Gasteiger partial charge in [0.05, 0.1) is 0 Å². The molecule has 0 spiro atoms. The minimum absolute atomic E-state index is 0. The molecule has 0 atom stereocenters. The average Bonchev–Trinajstić information content (AvgIpc) is 1.97. The molecule has 0 rings (SSSR count). The number of esters is 1. The zero-order valence-corrected chi connectivity index (χ0v) is 9.13. The molecule has 0 saturated carbocycles. The molecule has 4 heteroatoms. The van der Waals surface area contributed by atoms with Gasteiger partial charge in [-0.2, -0.15) is 0 Å². The van der Waals surface area contributed by atoms with E-state index >= 15 is 0 Å². The standard InChI is InChI=1S/C7H12O3.Na.H/c1-3-5-10-7(8)6-9-4-2;;/h3H,1,4-6H2,2H3;;/q;+1;-1. The number of ether oxygens (including phenoxy) is 2. The maximum Gasteiger partial charge on any atom is 1.00 e. The van der Waals surface area contributed by atoms with Gasteiger partial charge in [0.2, 0.25) is 0 Å². The fraction of sp³-hybridized carbons (Fsp3) is 0.571. The molecule has 11 heavy (non-hydrogen) atoms. The minimum atomic E-state index is -0.346. The van der Waals surface area contributed by atoms with E-state index in [1.165, 1.54) is 6.08 Å². The first-order valence-corrected chi connectivity index (χ1v) is 3.15. The first-order valence-electron chi connectivity index (χ1n) is 3.15. The van der Waals surface area contributed by atoms with Crippen LogP contribution in [-0.2, 0) is 14.3 Å². The van der Waals surface area contributed by atoms with Gasteiger partial charge in [-0.1, -0.05) is 12.7 Å². The summed E-state index contributed by atoms with van der Waals surface area (Å²) in [4.78, 5) is 10.6. The van der Waals surface area contributed by atoms with Crippen LogP contribution in [-0.4, -0.2) is 25.8 Å². The molecule has 0 radical (unpaired) electrons. The van der Waals surface area contributed by atoms with Gasteiger partial charge in [0, 0.05) is 6.61 Å². The summed E-state index contributed by atoms with van der Waals surface area (Å²) in [7, 11) is 0. The summed E-state index contributed by atoms with van der Waals surface area (Å²) in [5, 5.41) is 0. The third kappa shape index (κ3) is 10.2. The Kier molecular flexibility index (Phi) is 12.7. The third-order valence-electron chi connectivity index (χ3n) is 0.786. The molecule has 60 valence electrons. The molecule has 3 nitrogen and oxygen atoms in total.